The Labute approximate surface area is 78.8 Å². The van der Waals surface area contributed by atoms with Crippen LogP contribution in [0.25, 0.3) is 0 Å². The van der Waals surface area contributed by atoms with E-state index < -0.39 is 0 Å². The summed E-state index contributed by atoms with van der Waals surface area (Å²) >= 11 is 0. The van der Waals surface area contributed by atoms with Crippen LogP contribution >= 0.6 is 0 Å². The van der Waals surface area contributed by atoms with E-state index in [9.17, 15) is 4.79 Å². The topological polar surface area (TPSA) is 64.3 Å². The van der Waals surface area contributed by atoms with E-state index in [4.69, 9.17) is 10.5 Å². The molecule has 1 aliphatic heterocycles. The van der Waals surface area contributed by atoms with E-state index in [2.05, 4.69) is 5.32 Å². The summed E-state index contributed by atoms with van der Waals surface area (Å²) in [5, 5.41) is 2.80. The minimum absolute atomic E-state index is 0.0173. The molecule has 0 aliphatic carbocycles. The number of ether oxygens (including phenoxy) is 1. The van der Waals surface area contributed by atoms with Gasteiger partial charge in [0.15, 0.2) is 0 Å². The van der Waals surface area contributed by atoms with Crippen LogP contribution in [0.3, 0.4) is 0 Å². The molecule has 1 saturated heterocycles. The quantitative estimate of drug-likeness (QED) is 0.645. The van der Waals surface area contributed by atoms with Crippen molar-refractivity contribution in [2.75, 3.05) is 13.2 Å². The van der Waals surface area contributed by atoms with Crippen molar-refractivity contribution in [2.24, 2.45) is 11.7 Å². The molecule has 1 fully saturated rings. The lowest BCUT2D eigenvalue weighted by molar-refractivity contribution is -0.124. The van der Waals surface area contributed by atoms with Crippen LogP contribution in [0.1, 0.15) is 20.3 Å². The number of nitrogens with one attached hydrogen (secondary N) is 1. The number of hydrogen-bond donors (Lipinski definition) is 2. The molecule has 76 valence electrons. The fourth-order valence-corrected chi connectivity index (χ4v) is 1.41. The van der Waals surface area contributed by atoms with Crippen molar-refractivity contribution >= 4 is 5.91 Å². The molecule has 1 amide bonds. The maximum atomic E-state index is 11.4. The average Bonchev–Trinajstić information content (AvgIpc) is 2.47. The van der Waals surface area contributed by atoms with Crippen LogP contribution in [0.2, 0.25) is 0 Å². The van der Waals surface area contributed by atoms with Crippen molar-refractivity contribution in [3.63, 3.8) is 0 Å². The summed E-state index contributed by atoms with van der Waals surface area (Å²) < 4.78 is 5.30. The lowest BCUT2D eigenvalue weighted by Crippen LogP contribution is -2.38. The third kappa shape index (κ3) is 3.32. The summed E-state index contributed by atoms with van der Waals surface area (Å²) in [6.45, 7) is 4.95. The van der Waals surface area contributed by atoms with Crippen LogP contribution < -0.4 is 11.1 Å². The van der Waals surface area contributed by atoms with E-state index in [1.807, 2.05) is 13.8 Å². The molecule has 0 saturated carbocycles. The zero-order chi connectivity index (χ0) is 9.84. The summed E-state index contributed by atoms with van der Waals surface area (Å²) in [5.41, 5.74) is 5.52. The Kier molecular flexibility index (Phi) is 3.69. The maximum absolute atomic E-state index is 11.4. The Morgan fingerprint density at radius 2 is 2.46 bits per heavy atom. The van der Waals surface area contributed by atoms with Gasteiger partial charge in [0, 0.05) is 12.6 Å². The van der Waals surface area contributed by atoms with E-state index in [1.54, 1.807) is 0 Å². The molecular formula is C9H18N2O2. The summed E-state index contributed by atoms with van der Waals surface area (Å²) in [6, 6.07) is 0.0173. The van der Waals surface area contributed by atoms with E-state index in [0.29, 0.717) is 13.2 Å². The lowest BCUT2D eigenvalue weighted by Gasteiger charge is -2.10. The minimum atomic E-state index is 0.0173. The van der Waals surface area contributed by atoms with Crippen LogP contribution in [0, 0.1) is 5.92 Å². The highest BCUT2D eigenvalue weighted by Crippen LogP contribution is 2.18. The Morgan fingerprint density at radius 1 is 1.77 bits per heavy atom. The number of hydrogen-bond acceptors (Lipinski definition) is 3. The molecule has 0 bridgehead atoms. The molecule has 1 heterocycles. The first-order valence-corrected chi connectivity index (χ1v) is 4.74. The van der Waals surface area contributed by atoms with Crippen molar-refractivity contribution in [1.29, 1.82) is 0 Å². The van der Waals surface area contributed by atoms with Crippen molar-refractivity contribution < 1.29 is 9.53 Å². The van der Waals surface area contributed by atoms with Gasteiger partial charge in [0.1, 0.15) is 0 Å². The van der Waals surface area contributed by atoms with Gasteiger partial charge in [-0.05, 0) is 20.3 Å². The highest BCUT2D eigenvalue weighted by Gasteiger charge is 2.27. The minimum Gasteiger partial charge on any atom is -0.378 e. The molecule has 0 aromatic rings. The van der Waals surface area contributed by atoms with Crippen LogP contribution in [0.4, 0.5) is 0 Å². The van der Waals surface area contributed by atoms with Crippen molar-refractivity contribution in [2.45, 2.75) is 32.4 Å². The molecule has 1 aliphatic rings. The van der Waals surface area contributed by atoms with E-state index in [0.717, 1.165) is 6.42 Å². The first-order valence-electron chi connectivity index (χ1n) is 4.74. The van der Waals surface area contributed by atoms with E-state index >= 15 is 0 Å². The number of rotatable bonds is 3. The summed E-state index contributed by atoms with van der Waals surface area (Å²) in [6.07, 6.45) is 1.04. The van der Waals surface area contributed by atoms with E-state index in [-0.39, 0.29) is 24.0 Å². The van der Waals surface area contributed by atoms with Crippen molar-refractivity contribution in [1.82, 2.24) is 5.32 Å². The highest BCUT2D eigenvalue weighted by molar-refractivity contribution is 5.79. The number of nitrogens with two attached hydrogens (primary N) is 1. The average molecular weight is 186 g/mol. The standard InChI is InChI=1S/C9H18N2O2/c1-6(10)4-11-9(12)8-3-7(2)13-5-8/h6-8H,3-5,10H2,1-2H3,(H,11,12). The van der Waals surface area contributed by atoms with Gasteiger partial charge in [-0.3, -0.25) is 4.79 Å². The predicted molar refractivity (Wildman–Crippen MR) is 50.2 cm³/mol. The second-order valence-electron chi connectivity index (χ2n) is 3.80. The molecule has 0 aromatic heterocycles. The van der Waals surface area contributed by atoms with Crippen LogP contribution in [-0.2, 0) is 9.53 Å². The second kappa shape index (κ2) is 4.58. The molecule has 0 aromatic carbocycles. The molecule has 13 heavy (non-hydrogen) atoms. The SMILES string of the molecule is CC(N)CNC(=O)C1COC(C)C1. The molecule has 1 rings (SSSR count). The van der Waals surface area contributed by atoms with Gasteiger partial charge in [0.05, 0.1) is 18.6 Å². The number of carbonyl (C=O) groups excluding carboxylic acids is 1. The summed E-state index contributed by atoms with van der Waals surface area (Å²) in [5.74, 6) is 0.0930. The highest BCUT2D eigenvalue weighted by atomic mass is 16.5. The molecule has 4 nitrogen and oxygen atoms in total. The zero-order valence-electron chi connectivity index (χ0n) is 8.25. The van der Waals surface area contributed by atoms with Gasteiger partial charge < -0.3 is 15.8 Å². The van der Waals surface area contributed by atoms with Gasteiger partial charge in [-0.2, -0.15) is 0 Å². The molecular weight excluding hydrogens is 168 g/mol. The fourth-order valence-electron chi connectivity index (χ4n) is 1.41. The monoisotopic (exact) mass is 186 g/mol. The van der Waals surface area contributed by atoms with Gasteiger partial charge in [-0.1, -0.05) is 0 Å². The Hall–Kier alpha value is -0.610. The Balaban J connectivity index is 2.24. The van der Waals surface area contributed by atoms with Crippen LogP contribution in [-0.4, -0.2) is 31.2 Å². The molecule has 4 heteroatoms. The number of amides is 1. The lowest BCUT2D eigenvalue weighted by atomic mass is 10.1. The zero-order valence-corrected chi connectivity index (χ0v) is 8.25. The van der Waals surface area contributed by atoms with Gasteiger partial charge >= 0.3 is 0 Å². The Bertz CT molecular complexity index is 182. The first-order chi connectivity index (χ1) is 6.09. The molecule has 3 N–H and O–H groups in total. The van der Waals surface area contributed by atoms with Gasteiger partial charge in [0.2, 0.25) is 5.91 Å². The Morgan fingerprint density at radius 3 is 2.92 bits per heavy atom. The third-order valence-electron chi connectivity index (χ3n) is 2.17. The molecule has 3 atom stereocenters. The first kappa shape index (κ1) is 10.5. The van der Waals surface area contributed by atoms with E-state index in [1.165, 1.54) is 0 Å². The normalized spacial score (nSPS) is 30.1. The van der Waals surface area contributed by atoms with Gasteiger partial charge in [-0.15, -0.1) is 0 Å². The number of carbonyl (C=O) groups is 1. The van der Waals surface area contributed by atoms with Gasteiger partial charge in [-0.25, -0.2) is 0 Å². The van der Waals surface area contributed by atoms with Gasteiger partial charge in [0.25, 0.3) is 0 Å². The molecule has 0 radical (unpaired) electrons. The molecule has 3 unspecified atom stereocenters. The smallest absolute Gasteiger partial charge is 0.225 e. The largest absolute Gasteiger partial charge is 0.378 e. The third-order valence-corrected chi connectivity index (χ3v) is 2.17. The summed E-state index contributed by atoms with van der Waals surface area (Å²) in [7, 11) is 0. The van der Waals surface area contributed by atoms with Crippen molar-refractivity contribution in [3.05, 3.63) is 0 Å². The fraction of sp³-hybridized carbons (Fsp3) is 0.889. The maximum Gasteiger partial charge on any atom is 0.225 e. The second-order valence-corrected chi connectivity index (χ2v) is 3.80. The predicted octanol–water partition coefficient (Wildman–Crippen LogP) is -0.125. The van der Waals surface area contributed by atoms with Crippen molar-refractivity contribution in [3.8, 4) is 0 Å². The van der Waals surface area contributed by atoms with Crippen LogP contribution in [0.15, 0.2) is 0 Å². The van der Waals surface area contributed by atoms with Crippen LogP contribution in [0.5, 0.6) is 0 Å². The summed E-state index contributed by atoms with van der Waals surface area (Å²) in [4.78, 5) is 11.4. The molecule has 0 spiro atoms.